The van der Waals surface area contributed by atoms with Crippen molar-refractivity contribution in [3.05, 3.63) is 12.2 Å². The first-order valence-corrected chi connectivity index (χ1v) is 4.46. The Morgan fingerprint density at radius 2 is 2.08 bits per heavy atom. The minimum Gasteiger partial charge on any atom is -0.376 e. The molecule has 1 amide bonds. The van der Waals surface area contributed by atoms with Gasteiger partial charge in [0.05, 0.1) is 12.0 Å². The van der Waals surface area contributed by atoms with Crippen LogP contribution in [0.1, 0.15) is 6.42 Å². The van der Waals surface area contributed by atoms with Crippen molar-refractivity contribution in [3.63, 3.8) is 0 Å². The summed E-state index contributed by atoms with van der Waals surface area (Å²) in [5, 5.41) is 2.71. The first-order chi connectivity index (χ1) is 6.25. The summed E-state index contributed by atoms with van der Waals surface area (Å²) in [5.74, 6) is 0.133. The third-order valence-corrected chi connectivity index (χ3v) is 3.21. The standard InChI is InChI=1S/C9H9NO3/c11-8-6-4-1-2-5(3-4)7(6)10-9(12)13-8/h1-2,4-7H,3H2,(H,10,12)/t4-,5+,6+,7-/m0/s1. The lowest BCUT2D eigenvalue weighted by Crippen LogP contribution is -2.52. The normalized spacial score (nSPS) is 45.8. The third-order valence-electron chi connectivity index (χ3n) is 3.21. The second-order valence-electron chi connectivity index (χ2n) is 3.85. The molecule has 1 heterocycles. The molecule has 13 heavy (non-hydrogen) atoms. The predicted molar refractivity (Wildman–Crippen MR) is 42.6 cm³/mol. The minimum absolute atomic E-state index is 0.0104. The molecule has 1 N–H and O–H groups in total. The molecule has 2 fully saturated rings. The number of hydrogen-bond donors (Lipinski definition) is 1. The van der Waals surface area contributed by atoms with Gasteiger partial charge in [-0.25, -0.2) is 4.79 Å². The van der Waals surface area contributed by atoms with Gasteiger partial charge in [0.15, 0.2) is 0 Å². The lowest BCUT2D eigenvalue weighted by Gasteiger charge is -2.30. The van der Waals surface area contributed by atoms with E-state index in [-0.39, 0.29) is 23.8 Å². The topological polar surface area (TPSA) is 55.4 Å². The molecule has 3 aliphatic rings. The number of amides is 1. The van der Waals surface area contributed by atoms with Crippen LogP contribution < -0.4 is 5.32 Å². The van der Waals surface area contributed by atoms with E-state index in [4.69, 9.17) is 0 Å². The molecule has 3 rings (SSSR count). The van der Waals surface area contributed by atoms with Crippen LogP contribution in [0.2, 0.25) is 0 Å². The zero-order valence-electron chi connectivity index (χ0n) is 6.90. The number of fused-ring (bicyclic) bond motifs is 5. The summed E-state index contributed by atoms with van der Waals surface area (Å²) in [6.45, 7) is 0. The van der Waals surface area contributed by atoms with E-state index in [9.17, 15) is 9.59 Å². The Morgan fingerprint density at radius 3 is 2.92 bits per heavy atom. The number of alkyl carbamates (subject to hydrolysis) is 1. The van der Waals surface area contributed by atoms with E-state index >= 15 is 0 Å². The van der Waals surface area contributed by atoms with Gasteiger partial charge in [0.2, 0.25) is 0 Å². The summed E-state index contributed by atoms with van der Waals surface area (Å²) in [5.41, 5.74) is 0. The van der Waals surface area contributed by atoms with Crippen molar-refractivity contribution < 1.29 is 14.3 Å². The van der Waals surface area contributed by atoms with Crippen LogP contribution in [0.5, 0.6) is 0 Å². The Morgan fingerprint density at radius 1 is 1.31 bits per heavy atom. The fourth-order valence-corrected chi connectivity index (χ4v) is 2.67. The average molecular weight is 179 g/mol. The monoisotopic (exact) mass is 179 g/mol. The molecule has 0 radical (unpaired) electrons. The van der Waals surface area contributed by atoms with Gasteiger partial charge in [-0.1, -0.05) is 12.2 Å². The molecule has 4 heteroatoms. The molecule has 1 aliphatic heterocycles. The van der Waals surface area contributed by atoms with Gasteiger partial charge >= 0.3 is 12.1 Å². The maximum absolute atomic E-state index is 11.4. The summed E-state index contributed by atoms with van der Waals surface area (Å²) in [4.78, 5) is 22.3. The van der Waals surface area contributed by atoms with Crippen LogP contribution in [0.4, 0.5) is 4.79 Å². The SMILES string of the molecule is O=C1N[C@@H]2[C@H](C(=O)O1)[C@H]1C=C[C@@H]2C1. The molecule has 0 spiro atoms. The highest BCUT2D eigenvalue weighted by atomic mass is 16.6. The molecule has 4 nitrogen and oxygen atoms in total. The molecule has 0 aromatic carbocycles. The van der Waals surface area contributed by atoms with E-state index in [2.05, 4.69) is 22.2 Å². The summed E-state index contributed by atoms with van der Waals surface area (Å²) in [6, 6.07) is -0.0104. The molecule has 2 aliphatic carbocycles. The van der Waals surface area contributed by atoms with E-state index < -0.39 is 6.09 Å². The van der Waals surface area contributed by atoms with Crippen LogP contribution in [0.25, 0.3) is 0 Å². The third kappa shape index (κ3) is 0.802. The molecule has 4 atom stereocenters. The van der Waals surface area contributed by atoms with Crippen molar-refractivity contribution >= 4 is 12.1 Å². The van der Waals surface area contributed by atoms with E-state index in [1.54, 1.807) is 0 Å². The smallest absolute Gasteiger partial charge is 0.376 e. The maximum atomic E-state index is 11.4. The fourth-order valence-electron chi connectivity index (χ4n) is 2.67. The van der Waals surface area contributed by atoms with Crippen LogP contribution >= 0.6 is 0 Å². The van der Waals surface area contributed by atoms with Gasteiger partial charge in [-0.05, 0) is 18.3 Å². The Labute approximate surface area is 74.9 Å². The molecular formula is C9H9NO3. The molecule has 2 bridgehead atoms. The quantitative estimate of drug-likeness (QED) is 0.333. The Balaban J connectivity index is 1.98. The van der Waals surface area contributed by atoms with Crippen LogP contribution in [0.3, 0.4) is 0 Å². The van der Waals surface area contributed by atoms with Crippen LogP contribution in [-0.4, -0.2) is 18.1 Å². The van der Waals surface area contributed by atoms with E-state index in [1.165, 1.54) is 0 Å². The van der Waals surface area contributed by atoms with E-state index in [0.29, 0.717) is 5.92 Å². The van der Waals surface area contributed by atoms with Crippen molar-refractivity contribution in [1.29, 1.82) is 0 Å². The molecule has 0 unspecified atom stereocenters. The van der Waals surface area contributed by atoms with Gasteiger partial charge in [0.25, 0.3) is 0 Å². The van der Waals surface area contributed by atoms with Crippen molar-refractivity contribution in [2.24, 2.45) is 17.8 Å². The Bertz CT molecular complexity index is 323. The largest absolute Gasteiger partial charge is 0.415 e. The number of allylic oxidation sites excluding steroid dienone is 1. The number of cyclic esters (lactones) is 2. The molecule has 68 valence electrons. The molecule has 0 aromatic rings. The van der Waals surface area contributed by atoms with Gasteiger partial charge in [-0.15, -0.1) is 0 Å². The summed E-state index contributed by atoms with van der Waals surface area (Å²) in [6.07, 6.45) is 4.53. The molecular weight excluding hydrogens is 170 g/mol. The number of rotatable bonds is 0. The Kier molecular flexibility index (Phi) is 1.17. The van der Waals surface area contributed by atoms with Crippen molar-refractivity contribution in [2.45, 2.75) is 12.5 Å². The van der Waals surface area contributed by atoms with Crippen molar-refractivity contribution in [1.82, 2.24) is 5.32 Å². The number of ether oxygens (including phenoxy) is 1. The number of hydrogen-bond acceptors (Lipinski definition) is 3. The van der Waals surface area contributed by atoms with Crippen LogP contribution in [0.15, 0.2) is 12.2 Å². The van der Waals surface area contributed by atoms with Crippen LogP contribution in [0, 0.1) is 17.8 Å². The predicted octanol–water partition coefficient (Wildman–Crippen LogP) is 0.444. The second-order valence-corrected chi connectivity index (χ2v) is 3.85. The highest BCUT2D eigenvalue weighted by Crippen LogP contribution is 2.45. The van der Waals surface area contributed by atoms with Gasteiger partial charge in [0, 0.05) is 0 Å². The Hall–Kier alpha value is -1.32. The first kappa shape index (κ1) is 7.12. The highest BCUT2D eigenvalue weighted by molar-refractivity contribution is 5.90. The number of carbonyl (C=O) groups excluding carboxylic acids is 2. The highest BCUT2D eigenvalue weighted by Gasteiger charge is 2.52. The molecule has 0 aromatic heterocycles. The van der Waals surface area contributed by atoms with Crippen LogP contribution in [-0.2, 0) is 9.53 Å². The fraction of sp³-hybridized carbons (Fsp3) is 0.556. The number of nitrogens with one attached hydrogen (secondary N) is 1. The number of carbonyl (C=O) groups is 2. The van der Waals surface area contributed by atoms with E-state index in [0.717, 1.165) is 6.42 Å². The average Bonchev–Trinajstić information content (AvgIpc) is 2.62. The lowest BCUT2D eigenvalue weighted by atomic mass is 9.88. The van der Waals surface area contributed by atoms with Gasteiger partial charge in [-0.2, -0.15) is 0 Å². The zero-order chi connectivity index (χ0) is 9.00. The summed E-state index contributed by atoms with van der Waals surface area (Å²) < 4.78 is 4.53. The zero-order valence-corrected chi connectivity index (χ0v) is 6.90. The molecule has 1 saturated heterocycles. The number of esters is 1. The lowest BCUT2D eigenvalue weighted by molar-refractivity contribution is -0.146. The van der Waals surface area contributed by atoms with E-state index in [1.807, 2.05) is 0 Å². The first-order valence-electron chi connectivity index (χ1n) is 4.46. The van der Waals surface area contributed by atoms with Gasteiger partial charge < -0.3 is 10.1 Å². The summed E-state index contributed by atoms with van der Waals surface area (Å²) in [7, 11) is 0. The van der Waals surface area contributed by atoms with Crippen molar-refractivity contribution in [3.8, 4) is 0 Å². The molecule has 1 saturated carbocycles. The summed E-state index contributed by atoms with van der Waals surface area (Å²) >= 11 is 0. The second kappa shape index (κ2) is 2.13. The van der Waals surface area contributed by atoms with Gasteiger partial charge in [-0.3, -0.25) is 4.79 Å². The van der Waals surface area contributed by atoms with Gasteiger partial charge in [0.1, 0.15) is 0 Å². The maximum Gasteiger partial charge on any atom is 0.415 e. The van der Waals surface area contributed by atoms with Crippen molar-refractivity contribution in [2.75, 3.05) is 0 Å². The minimum atomic E-state index is -0.591.